The first kappa shape index (κ1) is 20.7. The number of rotatable bonds is 4. The summed E-state index contributed by atoms with van der Waals surface area (Å²) in [6, 6.07) is 6.12. The quantitative estimate of drug-likeness (QED) is 0.768. The molecule has 0 spiro atoms. The maximum Gasteiger partial charge on any atom is 0.243 e. The van der Waals surface area contributed by atoms with Gasteiger partial charge in [0.15, 0.2) is 5.13 Å². The zero-order valence-electron chi connectivity index (χ0n) is 16.1. The number of hydrogen-bond acceptors (Lipinski definition) is 6. The first-order valence-electron chi connectivity index (χ1n) is 9.56. The summed E-state index contributed by atoms with van der Waals surface area (Å²) in [6.45, 7) is 2.39. The number of likely N-dealkylation sites (N-methyl/N-ethyl adjacent to an activating group) is 1. The lowest BCUT2D eigenvalue weighted by atomic mass is 9.99. The van der Waals surface area contributed by atoms with Gasteiger partial charge in [-0.25, -0.2) is 13.4 Å². The van der Waals surface area contributed by atoms with E-state index in [2.05, 4.69) is 22.2 Å². The lowest BCUT2D eigenvalue weighted by Crippen LogP contribution is -2.43. The van der Waals surface area contributed by atoms with E-state index in [1.165, 1.54) is 32.7 Å². The van der Waals surface area contributed by atoms with Crippen LogP contribution in [-0.4, -0.2) is 55.2 Å². The van der Waals surface area contributed by atoms with E-state index in [-0.39, 0.29) is 17.3 Å². The zero-order valence-corrected chi connectivity index (χ0v) is 18.5. The number of hydrogen-bond donors (Lipinski definition) is 1. The highest BCUT2D eigenvalue weighted by Gasteiger charge is 2.33. The van der Waals surface area contributed by atoms with Crippen LogP contribution in [0.15, 0.2) is 29.2 Å². The third kappa shape index (κ3) is 4.49. The predicted molar refractivity (Wildman–Crippen MR) is 114 cm³/mol. The molecule has 2 aromatic rings. The van der Waals surface area contributed by atoms with E-state index >= 15 is 0 Å². The molecular weight excluding hydrogens is 432 g/mol. The van der Waals surface area contributed by atoms with E-state index in [1.807, 2.05) is 0 Å². The molecule has 1 fully saturated rings. The van der Waals surface area contributed by atoms with Gasteiger partial charge in [-0.15, -0.1) is 11.3 Å². The second kappa shape index (κ2) is 8.31. The first-order chi connectivity index (χ1) is 13.8. The largest absolute Gasteiger partial charge is 0.302 e. The van der Waals surface area contributed by atoms with Crippen molar-refractivity contribution in [2.24, 2.45) is 5.92 Å². The highest BCUT2D eigenvalue weighted by Crippen LogP contribution is 2.29. The predicted octanol–water partition coefficient (Wildman–Crippen LogP) is 2.82. The standard InChI is InChI=1S/C19H23ClN4O3S2/c1-23-10-8-16-17(12-23)28-19(21-16)22-18(25)13-3-2-9-24(11-13)29(26,27)15-6-4-14(20)5-7-15/h4-7,13H,2-3,8-12H2,1H3,(H,21,22,25). The van der Waals surface area contributed by atoms with Gasteiger partial charge >= 0.3 is 0 Å². The van der Waals surface area contributed by atoms with Gasteiger partial charge in [0.1, 0.15) is 0 Å². The summed E-state index contributed by atoms with van der Waals surface area (Å²) in [7, 11) is -1.58. The van der Waals surface area contributed by atoms with Crippen molar-refractivity contribution in [3.8, 4) is 0 Å². The van der Waals surface area contributed by atoms with Crippen LogP contribution >= 0.6 is 22.9 Å². The van der Waals surface area contributed by atoms with Gasteiger partial charge in [-0.2, -0.15) is 4.31 Å². The number of sulfonamides is 1. The van der Waals surface area contributed by atoms with E-state index in [4.69, 9.17) is 11.6 Å². The van der Waals surface area contributed by atoms with Crippen molar-refractivity contribution in [1.82, 2.24) is 14.2 Å². The van der Waals surface area contributed by atoms with E-state index < -0.39 is 15.9 Å². The topological polar surface area (TPSA) is 82.6 Å². The number of thiazole rings is 1. The van der Waals surface area contributed by atoms with Crippen LogP contribution < -0.4 is 5.32 Å². The molecule has 0 saturated carbocycles. The average molecular weight is 455 g/mol. The molecule has 0 bridgehead atoms. The van der Waals surface area contributed by atoms with Gasteiger partial charge in [-0.1, -0.05) is 11.6 Å². The molecule has 7 nitrogen and oxygen atoms in total. The fourth-order valence-electron chi connectivity index (χ4n) is 3.71. The number of benzene rings is 1. The molecule has 1 unspecified atom stereocenters. The van der Waals surface area contributed by atoms with Crippen molar-refractivity contribution < 1.29 is 13.2 Å². The van der Waals surface area contributed by atoms with Crippen LogP contribution in [0.4, 0.5) is 5.13 Å². The van der Waals surface area contributed by atoms with Gasteiger partial charge in [0.05, 0.1) is 16.5 Å². The van der Waals surface area contributed by atoms with Crippen LogP contribution in [0.1, 0.15) is 23.4 Å². The molecule has 1 atom stereocenters. The monoisotopic (exact) mass is 454 g/mol. The molecule has 10 heteroatoms. The second-order valence-corrected chi connectivity index (χ2v) is 11.0. The van der Waals surface area contributed by atoms with Crippen LogP contribution in [0.25, 0.3) is 0 Å². The fourth-order valence-corrected chi connectivity index (χ4v) is 6.46. The number of carbonyl (C=O) groups excluding carboxylic acids is 1. The molecule has 1 aromatic carbocycles. The van der Waals surface area contributed by atoms with E-state index in [9.17, 15) is 13.2 Å². The molecule has 1 amide bonds. The van der Waals surface area contributed by atoms with E-state index in [0.29, 0.717) is 29.5 Å². The Morgan fingerprint density at radius 1 is 1.28 bits per heavy atom. The van der Waals surface area contributed by atoms with Crippen molar-refractivity contribution in [1.29, 1.82) is 0 Å². The molecule has 2 aliphatic rings. The van der Waals surface area contributed by atoms with Crippen molar-refractivity contribution in [3.63, 3.8) is 0 Å². The van der Waals surface area contributed by atoms with Crippen LogP contribution in [-0.2, 0) is 27.8 Å². The van der Waals surface area contributed by atoms with Crippen molar-refractivity contribution in [3.05, 3.63) is 39.9 Å². The van der Waals surface area contributed by atoms with Gasteiger partial charge < -0.3 is 10.2 Å². The second-order valence-electron chi connectivity index (χ2n) is 7.52. The summed E-state index contributed by atoms with van der Waals surface area (Å²) in [5, 5.41) is 4.00. The zero-order chi connectivity index (χ0) is 20.6. The summed E-state index contributed by atoms with van der Waals surface area (Å²) in [5.41, 5.74) is 1.05. The number of halogens is 1. The summed E-state index contributed by atoms with van der Waals surface area (Å²) in [4.78, 5) is 21.0. The Hall–Kier alpha value is -1.52. The third-order valence-electron chi connectivity index (χ3n) is 5.36. The van der Waals surface area contributed by atoms with Gasteiger partial charge in [0.2, 0.25) is 15.9 Å². The minimum atomic E-state index is -3.65. The van der Waals surface area contributed by atoms with E-state index in [0.717, 1.165) is 25.2 Å². The summed E-state index contributed by atoms with van der Waals surface area (Å²) < 4.78 is 27.2. The third-order valence-corrected chi connectivity index (χ3v) is 8.49. The molecule has 1 saturated heterocycles. The number of anilines is 1. The Balaban J connectivity index is 1.44. The normalized spacial score (nSPS) is 21.0. The van der Waals surface area contributed by atoms with Crippen molar-refractivity contribution in [2.45, 2.75) is 30.7 Å². The number of amides is 1. The summed E-state index contributed by atoms with van der Waals surface area (Å²) in [6.07, 6.45) is 2.19. The maximum absolute atomic E-state index is 12.9. The molecule has 29 heavy (non-hydrogen) atoms. The number of fused-ring (bicyclic) bond motifs is 1. The lowest BCUT2D eigenvalue weighted by Gasteiger charge is -2.31. The van der Waals surface area contributed by atoms with Crippen molar-refractivity contribution in [2.75, 3.05) is 32.0 Å². The minimum absolute atomic E-state index is 0.166. The summed E-state index contributed by atoms with van der Waals surface area (Å²) in [5.74, 6) is -0.560. The Bertz CT molecular complexity index is 1010. The first-order valence-corrected chi connectivity index (χ1v) is 12.2. The smallest absolute Gasteiger partial charge is 0.243 e. The van der Waals surface area contributed by atoms with Crippen LogP contribution in [0, 0.1) is 5.92 Å². The Morgan fingerprint density at radius 3 is 2.79 bits per heavy atom. The van der Waals surface area contributed by atoms with Gasteiger partial charge in [-0.05, 0) is 44.2 Å². The molecule has 0 radical (unpaired) electrons. The van der Waals surface area contributed by atoms with Gasteiger partial charge in [0.25, 0.3) is 0 Å². The molecule has 3 heterocycles. The number of nitrogens with zero attached hydrogens (tertiary/aromatic N) is 3. The van der Waals surface area contributed by atoms with Gasteiger partial charge in [-0.3, -0.25) is 4.79 Å². The molecule has 156 valence electrons. The number of carbonyl (C=O) groups is 1. The highest BCUT2D eigenvalue weighted by molar-refractivity contribution is 7.89. The molecule has 0 aliphatic carbocycles. The van der Waals surface area contributed by atoms with Gasteiger partial charge in [0, 0.05) is 42.5 Å². The Morgan fingerprint density at radius 2 is 2.03 bits per heavy atom. The molecular formula is C19H23ClN4O3S2. The number of piperidine rings is 1. The summed E-state index contributed by atoms with van der Waals surface area (Å²) >= 11 is 7.37. The number of aromatic nitrogens is 1. The van der Waals surface area contributed by atoms with Crippen LogP contribution in [0.2, 0.25) is 5.02 Å². The van der Waals surface area contributed by atoms with Crippen LogP contribution in [0.5, 0.6) is 0 Å². The Labute approximate surface area is 179 Å². The molecule has 4 rings (SSSR count). The fraction of sp³-hybridized carbons (Fsp3) is 0.474. The Kier molecular flexibility index (Phi) is 5.94. The maximum atomic E-state index is 12.9. The SMILES string of the molecule is CN1CCc2nc(NC(=O)C3CCCN(S(=O)(=O)c4ccc(Cl)cc4)C3)sc2C1. The highest BCUT2D eigenvalue weighted by atomic mass is 35.5. The molecule has 1 N–H and O–H groups in total. The van der Waals surface area contributed by atoms with Crippen LogP contribution in [0.3, 0.4) is 0 Å². The van der Waals surface area contributed by atoms with E-state index in [1.54, 1.807) is 12.1 Å². The minimum Gasteiger partial charge on any atom is -0.302 e. The lowest BCUT2D eigenvalue weighted by molar-refractivity contribution is -0.120. The average Bonchev–Trinajstić information content (AvgIpc) is 3.09. The number of nitrogens with one attached hydrogen (secondary N) is 1. The van der Waals surface area contributed by atoms with Crippen molar-refractivity contribution >= 4 is 44.0 Å². The molecule has 2 aliphatic heterocycles. The molecule has 1 aromatic heterocycles.